The Bertz CT molecular complexity index is 719. The number of aromatic nitrogens is 2. The van der Waals surface area contributed by atoms with Crippen molar-refractivity contribution in [1.29, 1.82) is 0 Å². The molecular weight excluding hydrogens is 316 g/mol. The van der Waals surface area contributed by atoms with Gasteiger partial charge in [0.2, 0.25) is 5.91 Å². The summed E-state index contributed by atoms with van der Waals surface area (Å²) in [5.74, 6) is 0.617. The van der Waals surface area contributed by atoms with E-state index in [0.29, 0.717) is 19.7 Å². The topological polar surface area (TPSA) is 84.2 Å². The Hall–Kier alpha value is -2.60. The normalized spacial score (nSPS) is 11.8. The van der Waals surface area contributed by atoms with Gasteiger partial charge >= 0.3 is 0 Å². The monoisotopic (exact) mass is 342 g/mol. The zero-order chi connectivity index (χ0) is 18.4. The van der Waals surface area contributed by atoms with Crippen LogP contribution >= 0.6 is 0 Å². The lowest BCUT2D eigenvalue weighted by molar-refractivity contribution is -0.133. The molecule has 0 radical (unpaired) electrons. The maximum Gasteiger partial charge on any atom is 0.244 e. The predicted octanol–water partition coefficient (Wildman–Crippen LogP) is 2.64. The Morgan fingerprint density at radius 3 is 2.76 bits per heavy atom. The van der Waals surface area contributed by atoms with Crippen LogP contribution in [0.15, 0.2) is 36.9 Å². The van der Waals surface area contributed by atoms with E-state index >= 15 is 0 Å². The second kappa shape index (κ2) is 8.48. The maximum atomic E-state index is 12.9. The maximum absolute atomic E-state index is 12.9. The summed E-state index contributed by atoms with van der Waals surface area (Å²) < 4.78 is 5.68. The first-order valence-electron chi connectivity index (χ1n) is 8.37. The third-order valence-corrected chi connectivity index (χ3v) is 4.15. The molecule has 134 valence electrons. The van der Waals surface area contributed by atoms with E-state index in [1.807, 2.05) is 45.0 Å². The summed E-state index contributed by atoms with van der Waals surface area (Å²) in [6.07, 6.45) is 1.69. The first-order valence-corrected chi connectivity index (χ1v) is 8.37. The van der Waals surface area contributed by atoms with Gasteiger partial charge in [0.05, 0.1) is 5.69 Å². The number of ether oxygens (including phenoxy) is 1. The van der Waals surface area contributed by atoms with Crippen molar-refractivity contribution in [2.75, 3.05) is 13.2 Å². The summed E-state index contributed by atoms with van der Waals surface area (Å²) in [5.41, 5.74) is 9.52. The van der Waals surface area contributed by atoms with E-state index in [0.717, 1.165) is 28.3 Å². The molecule has 1 aromatic carbocycles. The molecule has 1 heterocycles. The molecule has 0 bridgehead atoms. The van der Waals surface area contributed by atoms with Crippen LogP contribution < -0.4 is 10.5 Å². The number of amides is 1. The number of H-pyrrole nitrogens is 1. The molecule has 1 atom stereocenters. The molecule has 1 aromatic heterocycles. The van der Waals surface area contributed by atoms with Crippen molar-refractivity contribution < 1.29 is 9.53 Å². The van der Waals surface area contributed by atoms with Crippen LogP contribution in [0, 0.1) is 13.8 Å². The van der Waals surface area contributed by atoms with Crippen molar-refractivity contribution >= 4 is 5.91 Å². The largest absolute Gasteiger partial charge is 0.489 e. The number of rotatable bonds is 8. The minimum Gasteiger partial charge on any atom is -0.489 e. The van der Waals surface area contributed by atoms with Crippen LogP contribution in [0.1, 0.15) is 35.5 Å². The highest BCUT2D eigenvalue weighted by Gasteiger charge is 2.26. The van der Waals surface area contributed by atoms with E-state index < -0.39 is 6.04 Å². The number of hydrogen-bond acceptors (Lipinski definition) is 4. The molecule has 6 nitrogen and oxygen atoms in total. The number of para-hydroxylation sites is 1. The standard InChI is InChI=1S/C19H26N4O2/c1-5-11-25-16-10-8-7-9-15(16)12-23(6-2)19(24)18(20)17-13(3)21-22-14(17)4/h5,7-10,18H,1,6,11-12,20H2,2-4H3,(H,21,22)/t18-/m0/s1. The molecule has 2 rings (SSSR count). The number of carbonyl (C=O) groups is 1. The Labute approximate surface area is 148 Å². The van der Waals surface area contributed by atoms with Gasteiger partial charge in [0, 0.05) is 29.9 Å². The fraction of sp³-hybridized carbons (Fsp3) is 0.368. The Kier molecular flexibility index (Phi) is 6.36. The average Bonchev–Trinajstić information content (AvgIpc) is 2.96. The van der Waals surface area contributed by atoms with Gasteiger partial charge in [-0.15, -0.1) is 0 Å². The van der Waals surface area contributed by atoms with Crippen molar-refractivity contribution in [2.24, 2.45) is 5.73 Å². The summed E-state index contributed by atoms with van der Waals surface area (Å²) in [6.45, 7) is 10.7. The highest BCUT2D eigenvalue weighted by Crippen LogP contribution is 2.23. The van der Waals surface area contributed by atoms with E-state index in [-0.39, 0.29) is 5.91 Å². The van der Waals surface area contributed by atoms with Crippen molar-refractivity contribution in [3.05, 3.63) is 59.4 Å². The number of nitrogens with zero attached hydrogens (tertiary/aromatic N) is 2. The van der Waals surface area contributed by atoms with E-state index in [4.69, 9.17) is 10.5 Å². The van der Waals surface area contributed by atoms with Crippen LogP contribution in [0.3, 0.4) is 0 Å². The summed E-state index contributed by atoms with van der Waals surface area (Å²) >= 11 is 0. The van der Waals surface area contributed by atoms with Gasteiger partial charge in [-0.3, -0.25) is 9.89 Å². The Morgan fingerprint density at radius 2 is 2.16 bits per heavy atom. The second-order valence-corrected chi connectivity index (χ2v) is 5.89. The molecule has 25 heavy (non-hydrogen) atoms. The van der Waals surface area contributed by atoms with Gasteiger partial charge in [0.15, 0.2) is 0 Å². The van der Waals surface area contributed by atoms with Crippen molar-refractivity contribution in [3.8, 4) is 5.75 Å². The van der Waals surface area contributed by atoms with E-state index in [9.17, 15) is 4.79 Å². The van der Waals surface area contributed by atoms with Gasteiger partial charge in [0.25, 0.3) is 0 Å². The van der Waals surface area contributed by atoms with Crippen LogP contribution in [0.25, 0.3) is 0 Å². The minimum absolute atomic E-state index is 0.131. The van der Waals surface area contributed by atoms with Crippen LogP contribution in [0.4, 0.5) is 0 Å². The quantitative estimate of drug-likeness (QED) is 0.722. The first-order chi connectivity index (χ1) is 12.0. The Morgan fingerprint density at radius 1 is 1.44 bits per heavy atom. The number of aromatic amines is 1. The molecule has 2 aromatic rings. The van der Waals surface area contributed by atoms with Gasteiger partial charge in [-0.05, 0) is 26.8 Å². The molecule has 0 aliphatic carbocycles. The van der Waals surface area contributed by atoms with Gasteiger partial charge in [-0.1, -0.05) is 30.9 Å². The predicted molar refractivity (Wildman–Crippen MR) is 98.2 cm³/mol. The van der Waals surface area contributed by atoms with Crippen LogP contribution in [0.5, 0.6) is 5.75 Å². The summed E-state index contributed by atoms with van der Waals surface area (Å²) in [6, 6.07) is 6.94. The molecule has 0 unspecified atom stereocenters. The van der Waals surface area contributed by atoms with Crippen molar-refractivity contribution in [2.45, 2.75) is 33.4 Å². The molecule has 0 aliphatic rings. The highest BCUT2D eigenvalue weighted by molar-refractivity contribution is 5.83. The number of nitrogens with one attached hydrogen (secondary N) is 1. The molecule has 0 saturated heterocycles. The van der Waals surface area contributed by atoms with Gasteiger partial charge < -0.3 is 15.4 Å². The van der Waals surface area contributed by atoms with Crippen LogP contribution in [0.2, 0.25) is 0 Å². The third kappa shape index (κ3) is 4.28. The lowest BCUT2D eigenvalue weighted by Gasteiger charge is -2.25. The molecule has 0 saturated carbocycles. The SMILES string of the molecule is C=CCOc1ccccc1CN(CC)C(=O)[C@@H](N)c1c(C)n[nH]c1C. The zero-order valence-corrected chi connectivity index (χ0v) is 15.1. The summed E-state index contributed by atoms with van der Waals surface area (Å²) in [4.78, 5) is 14.6. The number of carbonyl (C=O) groups excluding carboxylic acids is 1. The lowest BCUT2D eigenvalue weighted by atomic mass is 10.0. The molecule has 3 N–H and O–H groups in total. The third-order valence-electron chi connectivity index (χ3n) is 4.15. The number of likely N-dealkylation sites (N-methyl/N-ethyl adjacent to an activating group) is 1. The van der Waals surface area contributed by atoms with Crippen molar-refractivity contribution in [3.63, 3.8) is 0 Å². The Balaban J connectivity index is 2.20. The van der Waals surface area contributed by atoms with E-state index in [2.05, 4.69) is 16.8 Å². The molecule has 1 amide bonds. The fourth-order valence-corrected chi connectivity index (χ4v) is 2.81. The average molecular weight is 342 g/mol. The first kappa shape index (κ1) is 18.7. The molecule has 0 spiro atoms. The lowest BCUT2D eigenvalue weighted by Crippen LogP contribution is -2.38. The number of nitrogens with two attached hydrogens (primary N) is 1. The van der Waals surface area contributed by atoms with E-state index in [1.165, 1.54) is 0 Å². The molecule has 0 fully saturated rings. The molecular formula is C19H26N4O2. The fourth-order valence-electron chi connectivity index (χ4n) is 2.81. The minimum atomic E-state index is -0.736. The van der Waals surface area contributed by atoms with Gasteiger partial charge in [-0.2, -0.15) is 5.10 Å². The summed E-state index contributed by atoms with van der Waals surface area (Å²) in [5, 5.41) is 7.01. The highest BCUT2D eigenvalue weighted by atomic mass is 16.5. The smallest absolute Gasteiger partial charge is 0.244 e. The van der Waals surface area contributed by atoms with Gasteiger partial charge in [-0.25, -0.2) is 0 Å². The van der Waals surface area contributed by atoms with Gasteiger partial charge in [0.1, 0.15) is 18.4 Å². The summed E-state index contributed by atoms with van der Waals surface area (Å²) in [7, 11) is 0. The van der Waals surface area contributed by atoms with Crippen LogP contribution in [-0.2, 0) is 11.3 Å². The van der Waals surface area contributed by atoms with Crippen LogP contribution in [-0.4, -0.2) is 34.2 Å². The number of hydrogen-bond donors (Lipinski definition) is 2. The number of benzene rings is 1. The number of aryl methyl sites for hydroxylation is 2. The molecule has 0 aliphatic heterocycles. The van der Waals surface area contributed by atoms with Crippen molar-refractivity contribution in [1.82, 2.24) is 15.1 Å². The van der Waals surface area contributed by atoms with E-state index in [1.54, 1.807) is 11.0 Å². The second-order valence-electron chi connectivity index (χ2n) is 5.89. The molecule has 6 heteroatoms. The zero-order valence-electron chi connectivity index (χ0n) is 15.1.